The summed E-state index contributed by atoms with van der Waals surface area (Å²) in [5.41, 5.74) is 5.46. The van der Waals surface area contributed by atoms with Crippen LogP contribution >= 0.6 is 11.8 Å². The number of hydrogen-bond donors (Lipinski definition) is 1. The molecule has 1 fully saturated rings. The van der Waals surface area contributed by atoms with E-state index in [2.05, 4.69) is 56.9 Å². The summed E-state index contributed by atoms with van der Waals surface area (Å²) in [6.45, 7) is 8.89. The molecule has 0 bridgehead atoms. The highest BCUT2D eigenvalue weighted by atomic mass is 32.2. The average molecular weight is 235 g/mol. The first-order valence-electron chi connectivity index (χ1n) is 6.02. The van der Waals surface area contributed by atoms with E-state index in [4.69, 9.17) is 0 Å². The second-order valence-corrected chi connectivity index (χ2v) is 6.47. The summed E-state index contributed by atoms with van der Waals surface area (Å²) < 4.78 is 0. The molecule has 1 aromatic carbocycles. The van der Waals surface area contributed by atoms with Crippen LogP contribution in [0.5, 0.6) is 0 Å². The first kappa shape index (κ1) is 11.8. The molecule has 0 aromatic heterocycles. The monoisotopic (exact) mass is 235 g/mol. The van der Waals surface area contributed by atoms with Crippen LogP contribution in [0.2, 0.25) is 0 Å². The van der Waals surface area contributed by atoms with Gasteiger partial charge in [0, 0.05) is 22.7 Å². The summed E-state index contributed by atoms with van der Waals surface area (Å²) >= 11 is 2.08. The molecule has 88 valence electrons. The maximum atomic E-state index is 3.71. The van der Waals surface area contributed by atoms with Crippen molar-refractivity contribution < 1.29 is 0 Å². The van der Waals surface area contributed by atoms with E-state index in [1.807, 2.05) is 0 Å². The largest absolute Gasteiger partial charge is 0.381 e. The summed E-state index contributed by atoms with van der Waals surface area (Å²) in [6, 6.07) is 5.18. The maximum absolute atomic E-state index is 3.71. The second kappa shape index (κ2) is 4.70. The van der Waals surface area contributed by atoms with Gasteiger partial charge in [0.2, 0.25) is 0 Å². The third-order valence-electron chi connectivity index (χ3n) is 3.22. The molecule has 2 unspecified atom stereocenters. The molecule has 1 saturated heterocycles. The Hall–Kier alpha value is -0.630. The predicted molar refractivity (Wildman–Crippen MR) is 74.6 cm³/mol. The highest BCUT2D eigenvalue weighted by Crippen LogP contribution is 2.30. The lowest BCUT2D eigenvalue weighted by atomic mass is 10.0. The van der Waals surface area contributed by atoms with Gasteiger partial charge in [-0.25, -0.2) is 0 Å². The van der Waals surface area contributed by atoms with E-state index < -0.39 is 0 Å². The molecule has 1 N–H and O–H groups in total. The third-order valence-corrected chi connectivity index (χ3v) is 4.58. The van der Waals surface area contributed by atoms with Gasteiger partial charge in [-0.15, -0.1) is 0 Å². The molecule has 0 spiro atoms. The summed E-state index contributed by atoms with van der Waals surface area (Å²) in [5, 5.41) is 4.52. The zero-order valence-corrected chi connectivity index (χ0v) is 11.4. The smallest absolute Gasteiger partial charge is 0.0402 e. The van der Waals surface area contributed by atoms with E-state index in [9.17, 15) is 0 Å². The van der Waals surface area contributed by atoms with E-state index in [0.717, 1.165) is 5.25 Å². The first-order valence-corrected chi connectivity index (χ1v) is 7.07. The van der Waals surface area contributed by atoms with Crippen LogP contribution in [0, 0.1) is 20.8 Å². The first-order chi connectivity index (χ1) is 7.56. The Balaban J connectivity index is 2.15. The molecule has 1 aliphatic heterocycles. The van der Waals surface area contributed by atoms with Crippen LogP contribution in [-0.4, -0.2) is 17.0 Å². The summed E-state index contributed by atoms with van der Waals surface area (Å²) in [4.78, 5) is 0. The van der Waals surface area contributed by atoms with E-state index in [-0.39, 0.29) is 0 Å². The van der Waals surface area contributed by atoms with Gasteiger partial charge in [0.15, 0.2) is 0 Å². The Labute approximate surface area is 103 Å². The standard InChI is InChI=1S/C14H21NS/c1-9-5-10(2)14(11(3)6-9)15-13-7-12(4)16-8-13/h5-6,12-13,15H,7-8H2,1-4H3. The fraction of sp³-hybridized carbons (Fsp3) is 0.571. The SMILES string of the molecule is Cc1cc(C)c(NC2CSC(C)C2)c(C)c1. The van der Waals surface area contributed by atoms with Crippen molar-refractivity contribution in [3.8, 4) is 0 Å². The van der Waals surface area contributed by atoms with Gasteiger partial charge in [-0.05, 0) is 38.3 Å². The minimum absolute atomic E-state index is 0.653. The Morgan fingerprint density at radius 3 is 2.31 bits per heavy atom. The fourth-order valence-corrected chi connectivity index (χ4v) is 3.68. The van der Waals surface area contributed by atoms with Crippen LogP contribution in [0.4, 0.5) is 5.69 Å². The van der Waals surface area contributed by atoms with Crippen LogP contribution in [0.15, 0.2) is 12.1 Å². The Morgan fingerprint density at radius 1 is 1.19 bits per heavy atom. The van der Waals surface area contributed by atoms with Gasteiger partial charge in [0.05, 0.1) is 0 Å². The third kappa shape index (κ3) is 2.54. The molecule has 1 nitrogen and oxygen atoms in total. The normalized spacial score (nSPS) is 24.8. The molecule has 2 heteroatoms. The van der Waals surface area contributed by atoms with Gasteiger partial charge in [-0.3, -0.25) is 0 Å². The van der Waals surface area contributed by atoms with Crippen molar-refractivity contribution >= 4 is 17.4 Å². The minimum atomic E-state index is 0.653. The summed E-state index contributed by atoms with van der Waals surface area (Å²) in [6.07, 6.45) is 1.29. The van der Waals surface area contributed by atoms with Gasteiger partial charge in [-0.1, -0.05) is 24.6 Å². The van der Waals surface area contributed by atoms with Crippen molar-refractivity contribution in [2.75, 3.05) is 11.1 Å². The fourth-order valence-electron chi connectivity index (χ4n) is 2.53. The lowest BCUT2D eigenvalue weighted by molar-refractivity contribution is 0.745. The number of rotatable bonds is 2. The van der Waals surface area contributed by atoms with E-state index in [0.29, 0.717) is 6.04 Å². The van der Waals surface area contributed by atoms with Gasteiger partial charge in [0.25, 0.3) is 0 Å². The van der Waals surface area contributed by atoms with Crippen molar-refractivity contribution in [1.82, 2.24) is 0 Å². The van der Waals surface area contributed by atoms with Crippen molar-refractivity contribution in [1.29, 1.82) is 0 Å². The van der Waals surface area contributed by atoms with Crippen molar-refractivity contribution in [3.05, 3.63) is 28.8 Å². The van der Waals surface area contributed by atoms with Crippen molar-refractivity contribution in [2.45, 2.75) is 45.4 Å². The Bertz CT molecular complexity index is 363. The van der Waals surface area contributed by atoms with E-state index in [1.165, 1.54) is 34.6 Å². The van der Waals surface area contributed by atoms with E-state index in [1.54, 1.807) is 0 Å². The summed E-state index contributed by atoms with van der Waals surface area (Å²) in [5.74, 6) is 1.24. The highest BCUT2D eigenvalue weighted by Gasteiger charge is 2.22. The van der Waals surface area contributed by atoms with Crippen LogP contribution in [0.1, 0.15) is 30.0 Å². The quantitative estimate of drug-likeness (QED) is 0.834. The number of benzene rings is 1. The lowest BCUT2D eigenvalue weighted by Gasteiger charge is -2.18. The number of aryl methyl sites for hydroxylation is 3. The molecule has 2 atom stereocenters. The Kier molecular flexibility index (Phi) is 3.48. The number of nitrogens with one attached hydrogen (secondary N) is 1. The van der Waals surface area contributed by atoms with Gasteiger partial charge >= 0.3 is 0 Å². The summed E-state index contributed by atoms with van der Waals surface area (Å²) in [7, 11) is 0. The molecule has 0 amide bonds. The molecular weight excluding hydrogens is 214 g/mol. The molecule has 0 saturated carbocycles. The second-order valence-electron chi connectivity index (χ2n) is 4.99. The molecule has 2 rings (SSSR count). The topological polar surface area (TPSA) is 12.0 Å². The molecule has 1 aromatic rings. The lowest BCUT2D eigenvalue weighted by Crippen LogP contribution is -2.20. The molecule has 0 radical (unpaired) electrons. The molecule has 0 aliphatic carbocycles. The molecule has 1 aliphatic rings. The number of anilines is 1. The van der Waals surface area contributed by atoms with Crippen LogP contribution in [0.3, 0.4) is 0 Å². The molecule has 16 heavy (non-hydrogen) atoms. The zero-order valence-electron chi connectivity index (χ0n) is 10.6. The number of hydrogen-bond acceptors (Lipinski definition) is 2. The zero-order chi connectivity index (χ0) is 11.7. The van der Waals surface area contributed by atoms with Gasteiger partial charge in [0.1, 0.15) is 0 Å². The van der Waals surface area contributed by atoms with E-state index >= 15 is 0 Å². The van der Waals surface area contributed by atoms with Gasteiger partial charge in [-0.2, -0.15) is 11.8 Å². The van der Waals surface area contributed by atoms with Crippen molar-refractivity contribution in [2.24, 2.45) is 0 Å². The van der Waals surface area contributed by atoms with Gasteiger partial charge < -0.3 is 5.32 Å². The van der Waals surface area contributed by atoms with Crippen LogP contribution in [-0.2, 0) is 0 Å². The Morgan fingerprint density at radius 2 is 1.81 bits per heavy atom. The maximum Gasteiger partial charge on any atom is 0.0402 e. The average Bonchev–Trinajstić information content (AvgIpc) is 2.58. The van der Waals surface area contributed by atoms with Crippen LogP contribution < -0.4 is 5.32 Å². The minimum Gasteiger partial charge on any atom is -0.381 e. The molecular formula is C14H21NS. The van der Waals surface area contributed by atoms with Crippen LogP contribution in [0.25, 0.3) is 0 Å². The number of thioether (sulfide) groups is 1. The highest BCUT2D eigenvalue weighted by molar-refractivity contribution is 8.00. The molecule has 1 heterocycles. The van der Waals surface area contributed by atoms with Crippen molar-refractivity contribution in [3.63, 3.8) is 0 Å². The predicted octanol–water partition coefficient (Wildman–Crippen LogP) is 3.92.